The van der Waals surface area contributed by atoms with E-state index in [0.29, 0.717) is 6.42 Å². The molecule has 1 aromatic carbocycles. The highest BCUT2D eigenvalue weighted by atomic mass is 19.4. The van der Waals surface area contributed by atoms with E-state index in [4.69, 9.17) is 10.5 Å². The quantitative estimate of drug-likeness (QED) is 0.870. The average Bonchev–Trinajstić information content (AvgIpc) is 2.25. The van der Waals surface area contributed by atoms with Gasteiger partial charge in [0.05, 0.1) is 7.11 Å². The Morgan fingerprint density at radius 2 is 2.00 bits per heavy atom. The minimum Gasteiger partial charge on any atom is -0.496 e. The molecule has 1 rings (SSSR count). The van der Waals surface area contributed by atoms with E-state index >= 15 is 0 Å². The molecule has 16 heavy (non-hydrogen) atoms. The van der Waals surface area contributed by atoms with Crippen molar-refractivity contribution in [3.8, 4) is 5.75 Å². The third kappa shape index (κ3) is 2.47. The summed E-state index contributed by atoms with van der Waals surface area (Å²) in [7, 11) is 1.21. The fraction of sp³-hybridized carbons (Fsp3) is 0.455. The second-order valence-corrected chi connectivity index (χ2v) is 3.44. The van der Waals surface area contributed by atoms with E-state index in [1.807, 2.05) is 0 Å². The Labute approximate surface area is 92.2 Å². The molecule has 0 aliphatic heterocycles. The van der Waals surface area contributed by atoms with Gasteiger partial charge in [0.15, 0.2) is 0 Å². The number of nitrogens with two attached hydrogens (primary N) is 1. The first-order chi connectivity index (χ1) is 7.41. The number of hydrogen-bond acceptors (Lipinski definition) is 2. The van der Waals surface area contributed by atoms with E-state index < -0.39 is 17.8 Å². The lowest BCUT2D eigenvalue weighted by atomic mass is 9.98. The number of halogens is 3. The molecule has 1 aromatic rings. The zero-order valence-electron chi connectivity index (χ0n) is 9.14. The lowest BCUT2D eigenvalue weighted by Gasteiger charge is -2.19. The maximum absolute atomic E-state index is 12.9. The van der Waals surface area contributed by atoms with Gasteiger partial charge >= 0.3 is 6.18 Å². The van der Waals surface area contributed by atoms with Crippen LogP contribution in [0.15, 0.2) is 18.2 Å². The van der Waals surface area contributed by atoms with Crippen molar-refractivity contribution in [2.24, 2.45) is 5.73 Å². The van der Waals surface area contributed by atoms with Crippen LogP contribution in [-0.2, 0) is 6.18 Å². The average molecular weight is 233 g/mol. The Hall–Kier alpha value is -1.23. The Kier molecular flexibility index (Phi) is 3.80. The van der Waals surface area contributed by atoms with Gasteiger partial charge in [0.2, 0.25) is 0 Å². The molecule has 0 aromatic heterocycles. The molecule has 0 aliphatic carbocycles. The lowest BCUT2D eigenvalue weighted by molar-refractivity contribution is -0.139. The maximum atomic E-state index is 12.9. The van der Waals surface area contributed by atoms with E-state index in [1.165, 1.54) is 25.3 Å². The van der Waals surface area contributed by atoms with Crippen molar-refractivity contribution in [3.63, 3.8) is 0 Å². The lowest BCUT2D eigenvalue weighted by Crippen LogP contribution is -2.18. The highest BCUT2D eigenvalue weighted by Crippen LogP contribution is 2.40. The molecule has 0 radical (unpaired) electrons. The molecule has 0 saturated carbocycles. The minimum absolute atomic E-state index is 0.0781. The number of ether oxygens (including phenoxy) is 1. The molecule has 0 spiro atoms. The highest BCUT2D eigenvalue weighted by Gasteiger charge is 2.37. The SMILES string of the molecule is CCC(N)c1cccc(OC)c1C(F)(F)F. The summed E-state index contributed by atoms with van der Waals surface area (Å²) in [6.07, 6.45) is -4.01. The van der Waals surface area contributed by atoms with Gasteiger partial charge in [0, 0.05) is 6.04 Å². The second-order valence-electron chi connectivity index (χ2n) is 3.44. The fourth-order valence-corrected chi connectivity index (χ4v) is 1.55. The van der Waals surface area contributed by atoms with Crippen molar-refractivity contribution in [1.82, 2.24) is 0 Å². The molecule has 0 bridgehead atoms. The van der Waals surface area contributed by atoms with E-state index in [2.05, 4.69) is 0 Å². The first-order valence-electron chi connectivity index (χ1n) is 4.91. The first kappa shape index (κ1) is 12.8. The van der Waals surface area contributed by atoms with Gasteiger partial charge in [-0.1, -0.05) is 19.1 Å². The van der Waals surface area contributed by atoms with Crippen LogP contribution >= 0.6 is 0 Å². The maximum Gasteiger partial charge on any atom is 0.420 e. The zero-order chi connectivity index (χ0) is 12.3. The third-order valence-electron chi connectivity index (χ3n) is 2.40. The molecule has 0 saturated heterocycles. The summed E-state index contributed by atoms with van der Waals surface area (Å²) < 4.78 is 43.3. The highest BCUT2D eigenvalue weighted by molar-refractivity contribution is 5.43. The van der Waals surface area contributed by atoms with Crippen LogP contribution in [0.3, 0.4) is 0 Å². The van der Waals surface area contributed by atoms with Gasteiger partial charge in [0.25, 0.3) is 0 Å². The number of benzene rings is 1. The van der Waals surface area contributed by atoms with Crippen LogP contribution < -0.4 is 10.5 Å². The largest absolute Gasteiger partial charge is 0.496 e. The topological polar surface area (TPSA) is 35.2 Å². The van der Waals surface area contributed by atoms with Crippen molar-refractivity contribution in [1.29, 1.82) is 0 Å². The molecular formula is C11H14F3NO. The van der Waals surface area contributed by atoms with Crippen molar-refractivity contribution in [2.75, 3.05) is 7.11 Å². The molecule has 2 N–H and O–H groups in total. The van der Waals surface area contributed by atoms with E-state index in [9.17, 15) is 13.2 Å². The molecule has 0 amide bonds. The zero-order valence-corrected chi connectivity index (χ0v) is 9.14. The van der Waals surface area contributed by atoms with Gasteiger partial charge in [-0.25, -0.2) is 0 Å². The van der Waals surface area contributed by atoms with Gasteiger partial charge in [-0.05, 0) is 18.1 Å². The fourth-order valence-electron chi connectivity index (χ4n) is 1.55. The van der Waals surface area contributed by atoms with Crippen molar-refractivity contribution < 1.29 is 17.9 Å². The second kappa shape index (κ2) is 4.74. The van der Waals surface area contributed by atoms with E-state index in [0.717, 1.165) is 0 Å². The van der Waals surface area contributed by atoms with Gasteiger partial charge < -0.3 is 10.5 Å². The Morgan fingerprint density at radius 3 is 2.44 bits per heavy atom. The smallest absolute Gasteiger partial charge is 0.420 e. The van der Waals surface area contributed by atoms with Crippen LogP contribution in [0.25, 0.3) is 0 Å². The monoisotopic (exact) mass is 233 g/mol. The Morgan fingerprint density at radius 1 is 1.38 bits per heavy atom. The molecule has 1 unspecified atom stereocenters. The number of methoxy groups -OCH3 is 1. The first-order valence-corrected chi connectivity index (χ1v) is 4.91. The summed E-state index contributed by atoms with van der Waals surface area (Å²) in [6.45, 7) is 1.74. The van der Waals surface area contributed by atoms with Crippen LogP contribution in [0.1, 0.15) is 30.5 Å². The summed E-state index contributed by atoms with van der Waals surface area (Å²) in [4.78, 5) is 0. The molecule has 0 heterocycles. The molecule has 5 heteroatoms. The van der Waals surface area contributed by atoms with E-state index in [-0.39, 0.29) is 11.3 Å². The van der Waals surface area contributed by atoms with Crippen LogP contribution in [0.2, 0.25) is 0 Å². The molecule has 1 atom stereocenters. The van der Waals surface area contributed by atoms with Gasteiger partial charge in [0.1, 0.15) is 11.3 Å². The van der Waals surface area contributed by atoms with Gasteiger partial charge in [-0.15, -0.1) is 0 Å². The summed E-state index contributed by atoms with van der Waals surface area (Å²) >= 11 is 0. The molecule has 0 fully saturated rings. The summed E-state index contributed by atoms with van der Waals surface area (Å²) in [5.41, 5.74) is 4.97. The predicted molar refractivity (Wildman–Crippen MR) is 55.2 cm³/mol. The Balaban J connectivity index is 3.38. The minimum atomic E-state index is -4.45. The normalized spacial score (nSPS) is 13.6. The van der Waals surface area contributed by atoms with Crippen molar-refractivity contribution >= 4 is 0 Å². The van der Waals surface area contributed by atoms with Crippen LogP contribution in [0, 0.1) is 0 Å². The number of alkyl halides is 3. The Bertz CT molecular complexity index is 363. The number of hydrogen-bond donors (Lipinski definition) is 1. The van der Waals surface area contributed by atoms with Gasteiger partial charge in [-0.2, -0.15) is 13.2 Å². The van der Waals surface area contributed by atoms with Crippen LogP contribution in [0.5, 0.6) is 5.75 Å². The standard InChI is InChI=1S/C11H14F3NO/c1-3-8(15)7-5-4-6-9(16-2)10(7)11(12,13)14/h4-6,8H,3,15H2,1-2H3. The van der Waals surface area contributed by atoms with Crippen LogP contribution in [0.4, 0.5) is 13.2 Å². The third-order valence-corrected chi connectivity index (χ3v) is 2.40. The van der Waals surface area contributed by atoms with Crippen molar-refractivity contribution in [2.45, 2.75) is 25.6 Å². The summed E-state index contributed by atoms with van der Waals surface area (Å²) in [5, 5.41) is 0. The summed E-state index contributed by atoms with van der Waals surface area (Å²) in [5.74, 6) is -0.186. The molecule has 0 aliphatic rings. The van der Waals surface area contributed by atoms with Crippen molar-refractivity contribution in [3.05, 3.63) is 29.3 Å². The molecular weight excluding hydrogens is 219 g/mol. The van der Waals surface area contributed by atoms with Crippen LogP contribution in [-0.4, -0.2) is 7.11 Å². The van der Waals surface area contributed by atoms with E-state index in [1.54, 1.807) is 6.92 Å². The summed E-state index contributed by atoms with van der Waals surface area (Å²) in [6, 6.07) is 3.55. The molecule has 2 nitrogen and oxygen atoms in total. The molecule has 90 valence electrons. The number of rotatable bonds is 3. The van der Waals surface area contributed by atoms with Gasteiger partial charge in [-0.3, -0.25) is 0 Å². The predicted octanol–water partition coefficient (Wildman–Crippen LogP) is 3.12.